The van der Waals surface area contributed by atoms with Gasteiger partial charge in [-0.3, -0.25) is 24.6 Å². The molecule has 0 spiro atoms. The Balaban J connectivity index is 1.64. The molecule has 0 bridgehead atoms. The molecule has 3 aromatic rings. The number of imide groups is 1. The molecule has 1 atom stereocenters. The minimum absolute atomic E-state index is 0.0958. The van der Waals surface area contributed by atoms with Crippen molar-refractivity contribution in [2.75, 3.05) is 26.2 Å². The smallest absolute Gasteiger partial charge is 0.270 e. The minimum Gasteiger partial charge on any atom is -0.493 e. The summed E-state index contributed by atoms with van der Waals surface area (Å²) in [5.41, 5.74) is 2.99. The maximum Gasteiger partial charge on any atom is 0.270 e. The molecule has 4 rings (SSSR count). The largest absolute Gasteiger partial charge is 0.493 e. The molecule has 4 amide bonds. The zero-order valence-electron chi connectivity index (χ0n) is 20.2. The van der Waals surface area contributed by atoms with E-state index in [4.69, 9.17) is 14.2 Å². The Hall–Kier alpha value is -4.60. The average Bonchev–Trinajstić information content (AvgIpc) is 3.18. The van der Waals surface area contributed by atoms with Crippen LogP contribution in [0.1, 0.15) is 23.7 Å². The zero-order chi connectivity index (χ0) is 26.0. The third-order valence-electron chi connectivity index (χ3n) is 5.93. The lowest BCUT2D eigenvalue weighted by Crippen LogP contribution is -2.54. The number of ether oxygens (including phenoxy) is 3. The average molecular weight is 492 g/mol. The summed E-state index contributed by atoms with van der Waals surface area (Å²) < 4.78 is 15.8. The first kappa shape index (κ1) is 24.5. The fourth-order valence-electron chi connectivity index (χ4n) is 4.24. The van der Waals surface area contributed by atoms with E-state index in [9.17, 15) is 19.2 Å². The Morgan fingerprint density at radius 2 is 1.58 bits per heavy atom. The van der Waals surface area contributed by atoms with Crippen molar-refractivity contribution in [2.45, 2.75) is 19.4 Å². The number of amides is 4. The Morgan fingerprint density at radius 3 is 2.19 bits per heavy atom. The lowest BCUT2D eigenvalue weighted by atomic mass is 10.1. The van der Waals surface area contributed by atoms with Crippen LogP contribution in [0, 0.1) is 0 Å². The molecule has 0 radical (unpaired) electrons. The molecule has 1 aliphatic rings. The molecule has 10 heteroatoms. The van der Waals surface area contributed by atoms with Gasteiger partial charge in [-0.05, 0) is 23.6 Å². The maximum atomic E-state index is 13.4. The third-order valence-corrected chi connectivity index (χ3v) is 5.93. The van der Waals surface area contributed by atoms with Crippen LogP contribution < -0.4 is 24.5 Å². The molecule has 0 aromatic heterocycles. The van der Waals surface area contributed by atoms with E-state index >= 15 is 0 Å². The van der Waals surface area contributed by atoms with Crippen LogP contribution in [0.4, 0.5) is 5.69 Å². The van der Waals surface area contributed by atoms with Gasteiger partial charge < -0.3 is 14.2 Å². The lowest BCUT2D eigenvalue weighted by Gasteiger charge is -2.27. The topological polar surface area (TPSA) is 114 Å². The molecule has 0 saturated carbocycles. The number of carbonyl (C=O) groups excluding carboxylic acids is 4. The van der Waals surface area contributed by atoms with Gasteiger partial charge in [0, 0.05) is 17.9 Å². The standard InChI is InChI=1S/C26H25N3O7/c1-15(30)29(27-25(32)17-12-21(34-2)24(36-4)22(13-17)35-3)20-14-23(31)28(26(20)33)19-11-7-9-16-8-5-6-10-18(16)19/h5-13,20H,14H2,1-4H3,(H,27,32)/t20-/m1/s1. The van der Waals surface area contributed by atoms with E-state index in [1.807, 2.05) is 30.3 Å². The molecule has 1 heterocycles. The highest BCUT2D eigenvalue weighted by molar-refractivity contribution is 6.25. The maximum absolute atomic E-state index is 13.4. The van der Waals surface area contributed by atoms with E-state index < -0.39 is 29.7 Å². The minimum atomic E-state index is -1.21. The predicted octanol–water partition coefficient (Wildman–Crippen LogP) is 2.69. The molecule has 1 saturated heterocycles. The first-order chi connectivity index (χ1) is 17.3. The summed E-state index contributed by atoms with van der Waals surface area (Å²) >= 11 is 0. The van der Waals surface area contributed by atoms with Crippen molar-refractivity contribution in [3.8, 4) is 17.2 Å². The van der Waals surface area contributed by atoms with E-state index in [-0.39, 0.29) is 23.5 Å². The van der Waals surface area contributed by atoms with Crippen molar-refractivity contribution in [3.05, 3.63) is 60.2 Å². The lowest BCUT2D eigenvalue weighted by molar-refractivity contribution is -0.139. The molecule has 1 fully saturated rings. The summed E-state index contributed by atoms with van der Waals surface area (Å²) in [7, 11) is 4.25. The Kier molecular flexibility index (Phi) is 6.77. The van der Waals surface area contributed by atoms with Crippen LogP contribution >= 0.6 is 0 Å². The molecule has 10 nitrogen and oxygen atoms in total. The van der Waals surface area contributed by atoms with Crippen LogP contribution in [0.15, 0.2) is 54.6 Å². The Labute approximate surface area is 207 Å². The van der Waals surface area contributed by atoms with Crippen LogP contribution in [0.25, 0.3) is 10.8 Å². The fraction of sp³-hybridized carbons (Fsp3) is 0.231. The first-order valence-electron chi connectivity index (χ1n) is 11.1. The van der Waals surface area contributed by atoms with Gasteiger partial charge in [0.25, 0.3) is 11.8 Å². The molecule has 1 N–H and O–H groups in total. The van der Waals surface area contributed by atoms with Crippen LogP contribution in [0.2, 0.25) is 0 Å². The van der Waals surface area contributed by atoms with Crippen molar-refractivity contribution in [2.24, 2.45) is 0 Å². The second kappa shape index (κ2) is 9.95. The normalized spacial score (nSPS) is 15.1. The van der Waals surface area contributed by atoms with Gasteiger partial charge in [-0.1, -0.05) is 36.4 Å². The van der Waals surface area contributed by atoms with E-state index in [2.05, 4.69) is 5.43 Å². The van der Waals surface area contributed by atoms with Gasteiger partial charge in [-0.15, -0.1) is 0 Å². The second-order valence-corrected chi connectivity index (χ2v) is 8.03. The molecule has 0 aliphatic carbocycles. The van der Waals surface area contributed by atoms with Gasteiger partial charge in [0.1, 0.15) is 6.04 Å². The van der Waals surface area contributed by atoms with Crippen LogP contribution in [-0.2, 0) is 14.4 Å². The van der Waals surface area contributed by atoms with E-state index in [0.29, 0.717) is 11.4 Å². The van der Waals surface area contributed by atoms with Crippen LogP contribution in [0.3, 0.4) is 0 Å². The number of nitrogens with one attached hydrogen (secondary N) is 1. The number of hydrogen-bond acceptors (Lipinski definition) is 7. The highest BCUT2D eigenvalue weighted by atomic mass is 16.5. The number of nitrogens with zero attached hydrogens (tertiary/aromatic N) is 2. The van der Waals surface area contributed by atoms with Crippen molar-refractivity contribution < 1.29 is 33.4 Å². The van der Waals surface area contributed by atoms with E-state index in [0.717, 1.165) is 20.7 Å². The quantitative estimate of drug-likeness (QED) is 0.417. The summed E-state index contributed by atoms with van der Waals surface area (Å²) in [5.74, 6) is -1.63. The van der Waals surface area contributed by atoms with E-state index in [1.165, 1.54) is 40.4 Å². The molecule has 1 aliphatic heterocycles. The molecule has 0 unspecified atom stereocenters. The van der Waals surface area contributed by atoms with Gasteiger partial charge in [-0.2, -0.15) is 0 Å². The second-order valence-electron chi connectivity index (χ2n) is 8.03. The van der Waals surface area contributed by atoms with Gasteiger partial charge in [0.15, 0.2) is 11.5 Å². The molecular weight excluding hydrogens is 466 g/mol. The van der Waals surface area contributed by atoms with Gasteiger partial charge >= 0.3 is 0 Å². The predicted molar refractivity (Wildman–Crippen MR) is 131 cm³/mol. The van der Waals surface area contributed by atoms with Crippen molar-refractivity contribution in [1.82, 2.24) is 10.4 Å². The summed E-state index contributed by atoms with van der Waals surface area (Å²) in [5, 5.41) is 2.47. The number of methoxy groups -OCH3 is 3. The van der Waals surface area contributed by atoms with Gasteiger partial charge in [-0.25, -0.2) is 9.91 Å². The highest BCUT2D eigenvalue weighted by Crippen LogP contribution is 2.38. The number of anilines is 1. The van der Waals surface area contributed by atoms with Gasteiger partial charge in [0.05, 0.1) is 33.4 Å². The molecular formula is C26H25N3O7. The summed E-state index contributed by atoms with van der Waals surface area (Å²) in [6.07, 6.45) is -0.281. The zero-order valence-corrected chi connectivity index (χ0v) is 20.2. The SMILES string of the molecule is COc1cc(C(=O)NN(C(C)=O)[C@@H]2CC(=O)N(c3cccc4ccccc34)C2=O)cc(OC)c1OC. The fourth-order valence-corrected chi connectivity index (χ4v) is 4.24. The monoisotopic (exact) mass is 491 g/mol. The molecule has 3 aromatic carbocycles. The number of benzene rings is 3. The Bertz CT molecular complexity index is 1340. The number of hydrazine groups is 1. The summed E-state index contributed by atoms with van der Waals surface area (Å²) in [6.45, 7) is 1.20. The summed E-state index contributed by atoms with van der Waals surface area (Å²) in [6, 6.07) is 14.3. The highest BCUT2D eigenvalue weighted by Gasteiger charge is 2.45. The number of hydrogen-bond donors (Lipinski definition) is 1. The van der Waals surface area contributed by atoms with Gasteiger partial charge in [0.2, 0.25) is 17.6 Å². The third kappa shape index (κ3) is 4.28. The van der Waals surface area contributed by atoms with Crippen molar-refractivity contribution in [3.63, 3.8) is 0 Å². The molecule has 36 heavy (non-hydrogen) atoms. The van der Waals surface area contributed by atoms with Crippen LogP contribution in [-0.4, -0.2) is 56.0 Å². The first-order valence-corrected chi connectivity index (χ1v) is 11.1. The number of rotatable bonds is 6. The van der Waals surface area contributed by atoms with E-state index in [1.54, 1.807) is 12.1 Å². The summed E-state index contributed by atoms with van der Waals surface area (Å²) in [4.78, 5) is 53.1. The van der Waals surface area contributed by atoms with Crippen LogP contribution in [0.5, 0.6) is 17.2 Å². The van der Waals surface area contributed by atoms with Crippen molar-refractivity contribution >= 4 is 40.1 Å². The molecule has 186 valence electrons. The number of fused-ring (bicyclic) bond motifs is 1. The van der Waals surface area contributed by atoms with Crippen molar-refractivity contribution in [1.29, 1.82) is 0 Å². The Morgan fingerprint density at radius 1 is 0.944 bits per heavy atom. The number of carbonyl (C=O) groups is 4.